The van der Waals surface area contributed by atoms with E-state index in [4.69, 9.17) is 0 Å². The average molecular weight is 336 g/mol. The molecule has 4 nitrogen and oxygen atoms in total. The fraction of sp³-hybridized carbons (Fsp3) is 0.381. The maximum Gasteiger partial charge on any atom is 0.197 e. The van der Waals surface area contributed by atoms with Gasteiger partial charge in [-0.15, -0.1) is 0 Å². The zero-order chi connectivity index (χ0) is 17.4. The van der Waals surface area contributed by atoms with Gasteiger partial charge in [0.2, 0.25) is 0 Å². The smallest absolute Gasteiger partial charge is 0.197 e. The summed E-state index contributed by atoms with van der Waals surface area (Å²) in [4.78, 5) is 15.3. The number of rotatable bonds is 4. The second kappa shape index (κ2) is 6.62. The van der Waals surface area contributed by atoms with Crippen molar-refractivity contribution in [1.29, 1.82) is 0 Å². The van der Waals surface area contributed by atoms with E-state index >= 15 is 0 Å². The van der Waals surface area contributed by atoms with Gasteiger partial charge in [0.25, 0.3) is 0 Å². The lowest BCUT2D eigenvalue weighted by molar-refractivity contribution is 0.111. The molecular formula is C21H24N2O2. The summed E-state index contributed by atoms with van der Waals surface area (Å²) in [7, 11) is 0. The molecule has 1 saturated heterocycles. The second-order valence-electron chi connectivity index (χ2n) is 7.09. The standard InChI is InChI=1S/C21H24N2O2/c1-15-7-6-10-19-20(15)21(25)17-8-2-3-9-18(17)23(19)14-16(24)13-22-11-4-5-12-22/h2-3,6-10,16,24H,4-5,11-14H2,1H3. The number of aryl methyl sites for hydroxylation is 1. The molecule has 130 valence electrons. The van der Waals surface area contributed by atoms with Gasteiger partial charge in [-0.2, -0.15) is 0 Å². The van der Waals surface area contributed by atoms with E-state index in [2.05, 4.69) is 9.47 Å². The Morgan fingerprint density at radius 1 is 1.00 bits per heavy atom. The number of aromatic nitrogens is 1. The minimum absolute atomic E-state index is 0.0778. The molecule has 2 aromatic carbocycles. The van der Waals surface area contributed by atoms with Gasteiger partial charge >= 0.3 is 0 Å². The first kappa shape index (κ1) is 16.3. The Morgan fingerprint density at radius 3 is 2.52 bits per heavy atom. The third kappa shape index (κ3) is 2.96. The molecule has 1 fully saturated rings. The minimum Gasteiger partial charge on any atom is -0.390 e. The Morgan fingerprint density at radius 2 is 1.72 bits per heavy atom. The molecule has 0 aliphatic carbocycles. The fourth-order valence-corrected chi connectivity index (χ4v) is 4.07. The van der Waals surface area contributed by atoms with Gasteiger partial charge in [0.15, 0.2) is 5.43 Å². The van der Waals surface area contributed by atoms with E-state index in [0.717, 1.165) is 40.5 Å². The average Bonchev–Trinajstić information content (AvgIpc) is 3.11. The van der Waals surface area contributed by atoms with Gasteiger partial charge < -0.3 is 14.6 Å². The van der Waals surface area contributed by atoms with Crippen LogP contribution in [0.5, 0.6) is 0 Å². The van der Waals surface area contributed by atoms with Crippen LogP contribution >= 0.6 is 0 Å². The summed E-state index contributed by atoms with van der Waals surface area (Å²) in [6.07, 6.45) is 1.98. The third-order valence-corrected chi connectivity index (χ3v) is 5.27. The van der Waals surface area contributed by atoms with Crippen LogP contribution in [0.25, 0.3) is 21.8 Å². The lowest BCUT2D eigenvalue weighted by Gasteiger charge is -2.23. The van der Waals surface area contributed by atoms with Gasteiger partial charge in [-0.3, -0.25) is 4.79 Å². The van der Waals surface area contributed by atoms with Crippen LogP contribution in [0.1, 0.15) is 18.4 Å². The number of benzene rings is 2. The predicted octanol–water partition coefficient (Wildman–Crippen LogP) is 2.92. The first-order valence-electron chi connectivity index (χ1n) is 9.06. The van der Waals surface area contributed by atoms with E-state index in [-0.39, 0.29) is 5.43 Å². The van der Waals surface area contributed by atoms with Crippen LogP contribution in [-0.4, -0.2) is 40.3 Å². The van der Waals surface area contributed by atoms with Gasteiger partial charge in [-0.1, -0.05) is 24.3 Å². The molecule has 1 N–H and O–H groups in total. The van der Waals surface area contributed by atoms with Crippen molar-refractivity contribution in [2.24, 2.45) is 0 Å². The summed E-state index contributed by atoms with van der Waals surface area (Å²) >= 11 is 0. The highest BCUT2D eigenvalue weighted by molar-refractivity contribution is 5.95. The molecule has 25 heavy (non-hydrogen) atoms. The Kier molecular flexibility index (Phi) is 4.32. The summed E-state index contributed by atoms with van der Waals surface area (Å²) < 4.78 is 2.11. The molecule has 1 aliphatic heterocycles. The molecule has 2 heterocycles. The van der Waals surface area contributed by atoms with Crippen LogP contribution in [0.4, 0.5) is 0 Å². The minimum atomic E-state index is -0.451. The molecule has 4 heteroatoms. The number of pyridine rings is 1. The molecule has 0 spiro atoms. The molecule has 0 radical (unpaired) electrons. The van der Waals surface area contributed by atoms with Crippen LogP contribution in [-0.2, 0) is 6.54 Å². The van der Waals surface area contributed by atoms with Crippen molar-refractivity contribution >= 4 is 21.8 Å². The van der Waals surface area contributed by atoms with Crippen LogP contribution in [0, 0.1) is 6.92 Å². The quantitative estimate of drug-likeness (QED) is 0.745. The molecule has 1 aliphatic rings. The molecule has 0 bridgehead atoms. The van der Waals surface area contributed by atoms with Crippen LogP contribution in [0.3, 0.4) is 0 Å². The summed E-state index contributed by atoms with van der Waals surface area (Å²) in [5.74, 6) is 0. The van der Waals surface area contributed by atoms with Crippen molar-refractivity contribution in [3.05, 3.63) is 58.3 Å². The lowest BCUT2D eigenvalue weighted by Crippen LogP contribution is -2.33. The lowest BCUT2D eigenvalue weighted by atomic mass is 10.0. The molecule has 1 aromatic heterocycles. The molecule has 3 aromatic rings. The number of likely N-dealkylation sites (tertiary alicyclic amines) is 1. The van der Waals surface area contributed by atoms with E-state index in [1.165, 1.54) is 12.8 Å². The zero-order valence-electron chi connectivity index (χ0n) is 14.6. The van der Waals surface area contributed by atoms with Gasteiger partial charge in [0.1, 0.15) is 0 Å². The first-order chi connectivity index (χ1) is 12.1. The molecule has 0 amide bonds. The summed E-state index contributed by atoms with van der Waals surface area (Å²) in [5, 5.41) is 12.2. The van der Waals surface area contributed by atoms with Crippen molar-refractivity contribution in [2.75, 3.05) is 19.6 Å². The van der Waals surface area contributed by atoms with Crippen molar-refractivity contribution in [2.45, 2.75) is 32.4 Å². The SMILES string of the molecule is Cc1cccc2c1c(=O)c1ccccc1n2CC(O)CN1CCCC1. The van der Waals surface area contributed by atoms with E-state index in [9.17, 15) is 9.90 Å². The zero-order valence-corrected chi connectivity index (χ0v) is 14.6. The fourth-order valence-electron chi connectivity index (χ4n) is 4.07. The summed E-state index contributed by atoms with van der Waals surface area (Å²) in [5.41, 5.74) is 2.86. The summed E-state index contributed by atoms with van der Waals surface area (Å²) in [6.45, 7) is 5.30. The number of fused-ring (bicyclic) bond motifs is 2. The highest BCUT2D eigenvalue weighted by atomic mass is 16.3. The Labute approximate surface area is 147 Å². The molecular weight excluding hydrogens is 312 g/mol. The maximum atomic E-state index is 12.9. The third-order valence-electron chi connectivity index (χ3n) is 5.27. The number of hydrogen-bond donors (Lipinski definition) is 1. The maximum absolute atomic E-state index is 12.9. The number of aliphatic hydroxyl groups is 1. The highest BCUT2D eigenvalue weighted by Crippen LogP contribution is 2.22. The van der Waals surface area contributed by atoms with Gasteiger partial charge in [-0.25, -0.2) is 0 Å². The Hall–Kier alpha value is -2.17. The number of hydrogen-bond acceptors (Lipinski definition) is 3. The van der Waals surface area contributed by atoms with E-state index in [1.807, 2.05) is 49.4 Å². The van der Waals surface area contributed by atoms with Crippen molar-refractivity contribution in [3.63, 3.8) is 0 Å². The second-order valence-corrected chi connectivity index (χ2v) is 7.09. The number of aliphatic hydroxyl groups excluding tert-OH is 1. The van der Waals surface area contributed by atoms with Gasteiger partial charge in [0.05, 0.1) is 23.7 Å². The predicted molar refractivity (Wildman–Crippen MR) is 102 cm³/mol. The largest absolute Gasteiger partial charge is 0.390 e. The summed E-state index contributed by atoms with van der Waals surface area (Å²) in [6, 6.07) is 13.6. The first-order valence-corrected chi connectivity index (χ1v) is 9.06. The molecule has 1 unspecified atom stereocenters. The number of β-amino-alcohol motifs (C(OH)–C–C–N with tert-alkyl or cyclic N) is 1. The molecule has 0 saturated carbocycles. The molecule has 4 rings (SSSR count). The number of para-hydroxylation sites is 1. The molecule has 1 atom stereocenters. The van der Waals surface area contributed by atoms with Gasteiger partial charge in [0, 0.05) is 17.3 Å². The van der Waals surface area contributed by atoms with E-state index < -0.39 is 6.10 Å². The highest BCUT2D eigenvalue weighted by Gasteiger charge is 2.18. The topological polar surface area (TPSA) is 45.5 Å². The van der Waals surface area contributed by atoms with Crippen LogP contribution in [0.2, 0.25) is 0 Å². The van der Waals surface area contributed by atoms with Crippen molar-refractivity contribution in [3.8, 4) is 0 Å². The van der Waals surface area contributed by atoms with E-state index in [0.29, 0.717) is 13.1 Å². The van der Waals surface area contributed by atoms with E-state index in [1.54, 1.807) is 0 Å². The Bertz CT molecular complexity index is 971. The van der Waals surface area contributed by atoms with Crippen LogP contribution in [0.15, 0.2) is 47.3 Å². The monoisotopic (exact) mass is 336 g/mol. The normalized spacial score (nSPS) is 16.7. The van der Waals surface area contributed by atoms with Crippen molar-refractivity contribution < 1.29 is 5.11 Å². The van der Waals surface area contributed by atoms with Crippen LogP contribution < -0.4 is 5.43 Å². The van der Waals surface area contributed by atoms with Gasteiger partial charge in [-0.05, 0) is 56.6 Å². The Balaban J connectivity index is 1.84. The van der Waals surface area contributed by atoms with Crippen molar-refractivity contribution in [1.82, 2.24) is 9.47 Å². The number of nitrogens with zero attached hydrogens (tertiary/aromatic N) is 2.